The summed E-state index contributed by atoms with van der Waals surface area (Å²) in [5.74, 6) is -1.76. The molecule has 0 bridgehead atoms. The Morgan fingerprint density at radius 2 is 1.24 bits per heavy atom. The molecule has 4 aromatic carbocycles. The first-order chi connectivity index (χ1) is 21.5. The molecule has 0 aliphatic carbocycles. The number of aliphatic hydroxyl groups excluding tert-OH is 2. The van der Waals surface area contributed by atoms with Crippen molar-refractivity contribution in [3.8, 4) is 0 Å². The molecule has 236 valence electrons. The van der Waals surface area contributed by atoms with Gasteiger partial charge < -0.3 is 25.3 Å². The van der Waals surface area contributed by atoms with Crippen LogP contribution in [0.25, 0.3) is 0 Å². The van der Waals surface area contributed by atoms with E-state index in [9.17, 15) is 19.7 Å². The number of nitrogens with zero attached hydrogens (tertiary/aromatic N) is 4. The lowest BCUT2D eigenvalue weighted by Crippen LogP contribution is -2.29. The van der Waals surface area contributed by atoms with E-state index < -0.39 is 16.9 Å². The van der Waals surface area contributed by atoms with Crippen LogP contribution in [0.2, 0.25) is 10.0 Å². The van der Waals surface area contributed by atoms with Gasteiger partial charge in [-0.3, -0.25) is 10.1 Å². The second-order valence-corrected chi connectivity index (χ2v) is 9.78. The average Bonchev–Trinajstić information content (AvgIpc) is 3.02. The number of carboxylic acid groups (broad SMARTS) is 2. The van der Waals surface area contributed by atoms with Crippen molar-refractivity contribution in [1.29, 1.82) is 0 Å². The number of nitro groups is 1. The lowest BCUT2D eigenvalue weighted by molar-refractivity contribution is -0.384. The maximum atomic E-state index is 10.8. The lowest BCUT2D eigenvalue weighted by atomic mass is 10.1. The highest BCUT2D eigenvalue weighted by Crippen LogP contribution is 2.38. The van der Waals surface area contributed by atoms with Crippen molar-refractivity contribution in [2.45, 2.75) is 6.92 Å². The minimum absolute atomic E-state index is 0.0301. The van der Waals surface area contributed by atoms with Gasteiger partial charge in [0, 0.05) is 30.9 Å². The molecule has 0 saturated carbocycles. The van der Waals surface area contributed by atoms with Gasteiger partial charge in [-0.15, -0.1) is 5.11 Å². The Morgan fingerprint density at radius 1 is 0.778 bits per heavy atom. The van der Waals surface area contributed by atoms with Crippen molar-refractivity contribution >= 4 is 57.9 Å². The van der Waals surface area contributed by atoms with Crippen LogP contribution >= 0.6 is 23.2 Å². The third-order valence-electron chi connectivity index (χ3n) is 5.80. The van der Waals surface area contributed by atoms with Crippen molar-refractivity contribution < 1.29 is 34.9 Å². The zero-order chi connectivity index (χ0) is 33.4. The summed E-state index contributed by atoms with van der Waals surface area (Å²) in [5.41, 5.74) is 2.80. The fourth-order valence-electron chi connectivity index (χ4n) is 3.58. The van der Waals surface area contributed by atoms with E-state index >= 15 is 0 Å². The summed E-state index contributed by atoms with van der Waals surface area (Å²) in [4.78, 5) is 32.5. The summed E-state index contributed by atoms with van der Waals surface area (Å²) in [6.07, 6.45) is 0. The highest BCUT2D eigenvalue weighted by Gasteiger charge is 2.15. The first-order valence-electron chi connectivity index (χ1n) is 13.2. The largest absolute Gasteiger partial charge is 0.478 e. The molecule has 14 heteroatoms. The van der Waals surface area contributed by atoms with Crippen LogP contribution in [0.3, 0.4) is 0 Å². The van der Waals surface area contributed by atoms with Crippen molar-refractivity contribution in [3.63, 3.8) is 0 Å². The van der Waals surface area contributed by atoms with Gasteiger partial charge in [0.15, 0.2) is 0 Å². The monoisotopic (exact) mass is 656 g/mol. The topological polar surface area (TPSA) is 186 Å². The number of benzene rings is 4. The summed E-state index contributed by atoms with van der Waals surface area (Å²) >= 11 is 12.0. The molecule has 0 aromatic heterocycles. The smallest absolute Gasteiger partial charge is 0.335 e. The molecular formula is C31H30Cl2N4O8. The fraction of sp³-hybridized carbons (Fsp3) is 0.161. The Bertz CT molecular complexity index is 1530. The van der Waals surface area contributed by atoms with E-state index in [4.69, 9.17) is 43.6 Å². The number of hydrogen-bond acceptors (Lipinski definition) is 9. The zero-order valence-electron chi connectivity index (χ0n) is 24.0. The number of anilines is 1. The quantitative estimate of drug-likeness (QED) is 0.0778. The molecule has 0 fully saturated rings. The number of hydrogen-bond donors (Lipinski definition) is 4. The van der Waals surface area contributed by atoms with Gasteiger partial charge in [0.05, 0.1) is 45.0 Å². The normalized spacial score (nSPS) is 10.2. The van der Waals surface area contributed by atoms with Crippen LogP contribution < -0.4 is 4.90 Å². The Balaban J connectivity index is 0.000000315. The number of aryl methyl sites for hydroxylation is 1. The van der Waals surface area contributed by atoms with Crippen LogP contribution in [0.5, 0.6) is 0 Å². The van der Waals surface area contributed by atoms with E-state index in [0.29, 0.717) is 29.9 Å². The molecule has 0 aliphatic rings. The van der Waals surface area contributed by atoms with Gasteiger partial charge in [-0.25, -0.2) is 9.59 Å². The van der Waals surface area contributed by atoms with E-state index in [1.165, 1.54) is 12.1 Å². The molecule has 45 heavy (non-hydrogen) atoms. The number of carbonyl (C=O) groups is 2. The highest BCUT2D eigenvalue weighted by molar-refractivity contribution is 6.39. The van der Waals surface area contributed by atoms with Gasteiger partial charge in [0.1, 0.15) is 5.69 Å². The first-order valence-corrected chi connectivity index (χ1v) is 13.9. The Labute approximate surface area is 268 Å². The standard InChI is InChI=1S/C17H18Cl2N4O4.2C7H6O2/c1-11-8-12(22(4-6-24)5-7-25)2-3-16(11)20-21-17-14(18)9-13(23(26)27)10-15(17)19;2*8-7(9)6-4-2-1-3-5-6/h2-3,8-10,24-25H,4-7H2,1H3;2*1-5H,(H,8,9). The third kappa shape index (κ3) is 12.0. The van der Waals surface area contributed by atoms with E-state index in [1.54, 1.807) is 72.8 Å². The van der Waals surface area contributed by atoms with Crippen LogP contribution in [0.1, 0.15) is 26.3 Å². The SMILES string of the molecule is Cc1cc(N(CCO)CCO)ccc1N=Nc1c(Cl)cc([N+](=O)[O-])cc1Cl.O=C(O)c1ccccc1.O=C(O)c1ccccc1. The van der Waals surface area contributed by atoms with Crippen molar-refractivity contribution in [1.82, 2.24) is 0 Å². The van der Waals surface area contributed by atoms with E-state index in [1.807, 2.05) is 17.9 Å². The van der Waals surface area contributed by atoms with Gasteiger partial charge in [0.2, 0.25) is 0 Å². The molecule has 4 N–H and O–H groups in total. The summed E-state index contributed by atoms with van der Waals surface area (Å²) in [7, 11) is 0. The highest BCUT2D eigenvalue weighted by atomic mass is 35.5. The van der Waals surface area contributed by atoms with Crippen LogP contribution in [-0.4, -0.2) is 63.6 Å². The van der Waals surface area contributed by atoms with Crippen molar-refractivity contribution in [2.24, 2.45) is 10.2 Å². The number of nitro benzene ring substituents is 1. The lowest BCUT2D eigenvalue weighted by Gasteiger charge is -2.23. The molecular weight excluding hydrogens is 627 g/mol. The van der Waals surface area contributed by atoms with Crippen LogP contribution in [0, 0.1) is 17.0 Å². The van der Waals surface area contributed by atoms with E-state index in [0.717, 1.165) is 11.3 Å². The van der Waals surface area contributed by atoms with E-state index in [-0.39, 0.29) is 34.6 Å². The molecule has 0 radical (unpaired) electrons. The zero-order valence-corrected chi connectivity index (χ0v) is 25.5. The van der Waals surface area contributed by atoms with Crippen LogP contribution in [0.15, 0.2) is 101 Å². The minimum Gasteiger partial charge on any atom is -0.478 e. The van der Waals surface area contributed by atoms with Crippen LogP contribution in [0.4, 0.5) is 22.7 Å². The second-order valence-electron chi connectivity index (χ2n) is 8.96. The number of rotatable bonds is 10. The number of halogens is 2. The van der Waals surface area contributed by atoms with Gasteiger partial charge in [-0.2, -0.15) is 5.11 Å². The summed E-state index contributed by atoms with van der Waals surface area (Å²) in [6, 6.07) is 24.3. The van der Waals surface area contributed by atoms with Gasteiger partial charge >= 0.3 is 11.9 Å². The van der Waals surface area contributed by atoms with E-state index in [2.05, 4.69) is 10.2 Å². The molecule has 0 aliphatic heterocycles. The molecule has 0 unspecified atom stereocenters. The predicted molar refractivity (Wildman–Crippen MR) is 172 cm³/mol. The maximum absolute atomic E-state index is 10.8. The molecule has 0 heterocycles. The molecule has 0 saturated heterocycles. The molecule has 0 spiro atoms. The molecule has 0 amide bonds. The van der Waals surface area contributed by atoms with Gasteiger partial charge in [-0.1, -0.05) is 59.6 Å². The number of aromatic carboxylic acids is 2. The fourth-order valence-corrected chi connectivity index (χ4v) is 4.13. The van der Waals surface area contributed by atoms with Crippen molar-refractivity contribution in [3.05, 3.63) is 128 Å². The molecule has 12 nitrogen and oxygen atoms in total. The summed E-state index contributed by atoms with van der Waals surface area (Å²) < 4.78 is 0. The molecule has 4 rings (SSSR count). The number of non-ortho nitro benzene ring substituents is 1. The van der Waals surface area contributed by atoms with Crippen molar-refractivity contribution in [2.75, 3.05) is 31.2 Å². The number of aliphatic hydroxyl groups is 2. The Hall–Kier alpha value is -4.88. The Morgan fingerprint density at radius 3 is 1.60 bits per heavy atom. The predicted octanol–water partition coefficient (Wildman–Crippen LogP) is 7.19. The summed E-state index contributed by atoms with van der Waals surface area (Å²) in [6.45, 7) is 2.58. The van der Waals surface area contributed by atoms with Gasteiger partial charge in [0.25, 0.3) is 5.69 Å². The van der Waals surface area contributed by atoms with Gasteiger partial charge in [-0.05, 0) is 55.0 Å². The Kier molecular flexibility index (Phi) is 15.1. The molecule has 0 atom stereocenters. The van der Waals surface area contributed by atoms with Crippen LogP contribution in [-0.2, 0) is 0 Å². The number of azo groups is 1. The minimum atomic E-state index is -0.879. The third-order valence-corrected chi connectivity index (χ3v) is 6.37. The molecule has 4 aromatic rings. The first kappa shape index (κ1) is 36.3. The maximum Gasteiger partial charge on any atom is 0.335 e. The second kappa shape index (κ2) is 18.7. The summed E-state index contributed by atoms with van der Waals surface area (Å²) in [5, 5.41) is 54.1. The number of carboxylic acids is 2. The average molecular weight is 658 g/mol.